The van der Waals surface area contributed by atoms with Crippen molar-refractivity contribution in [3.05, 3.63) is 59.7 Å². The number of hydrogen-bond donors (Lipinski definition) is 1. The first kappa shape index (κ1) is 11.5. The molecule has 0 aliphatic carbocycles. The molecule has 0 fully saturated rings. The van der Waals surface area contributed by atoms with E-state index in [1.807, 2.05) is 18.2 Å². The maximum Gasteiger partial charge on any atom is 0.141 e. The van der Waals surface area contributed by atoms with Crippen LogP contribution in [0.3, 0.4) is 0 Å². The van der Waals surface area contributed by atoms with Crippen molar-refractivity contribution in [1.29, 1.82) is 0 Å². The van der Waals surface area contributed by atoms with Gasteiger partial charge in [0, 0.05) is 0 Å². The third kappa shape index (κ3) is 3.00. The molecule has 0 saturated heterocycles. The van der Waals surface area contributed by atoms with E-state index in [2.05, 4.69) is 30.3 Å². The lowest BCUT2D eigenvalue weighted by Gasteiger charge is -2.07. The van der Waals surface area contributed by atoms with Crippen LogP contribution >= 0.6 is 0 Å². The second-order valence-electron chi connectivity index (χ2n) is 4.06. The van der Waals surface area contributed by atoms with Gasteiger partial charge in [-0.15, -0.1) is 0 Å². The Bertz CT molecular complexity index is 480. The van der Waals surface area contributed by atoms with Crippen LogP contribution in [-0.4, -0.2) is 7.11 Å². The van der Waals surface area contributed by atoms with Gasteiger partial charge in [-0.1, -0.05) is 36.4 Å². The average molecular weight is 227 g/mol. The first-order chi connectivity index (χ1) is 8.29. The van der Waals surface area contributed by atoms with Gasteiger partial charge in [0.15, 0.2) is 0 Å². The van der Waals surface area contributed by atoms with E-state index in [0.29, 0.717) is 5.69 Å². The predicted octanol–water partition coefficient (Wildman–Crippen LogP) is 3.06. The number of ether oxygens (including phenoxy) is 1. The fourth-order valence-corrected chi connectivity index (χ4v) is 1.87. The molecule has 0 bridgehead atoms. The zero-order valence-electron chi connectivity index (χ0n) is 10.0. The van der Waals surface area contributed by atoms with Crippen LogP contribution in [0.4, 0.5) is 5.69 Å². The molecule has 0 aliphatic rings. The second kappa shape index (κ2) is 5.39. The topological polar surface area (TPSA) is 35.2 Å². The summed E-state index contributed by atoms with van der Waals surface area (Å²) in [6.07, 6.45) is 2.03. The van der Waals surface area contributed by atoms with E-state index in [9.17, 15) is 0 Å². The monoisotopic (exact) mass is 227 g/mol. The largest absolute Gasteiger partial charge is 0.495 e. The van der Waals surface area contributed by atoms with Gasteiger partial charge < -0.3 is 10.5 Å². The summed E-state index contributed by atoms with van der Waals surface area (Å²) in [5, 5.41) is 0. The van der Waals surface area contributed by atoms with Crippen LogP contribution < -0.4 is 10.5 Å². The highest BCUT2D eigenvalue weighted by atomic mass is 16.5. The van der Waals surface area contributed by atoms with Crippen molar-refractivity contribution in [3.8, 4) is 5.75 Å². The van der Waals surface area contributed by atoms with Crippen molar-refractivity contribution in [1.82, 2.24) is 0 Å². The number of rotatable bonds is 4. The fraction of sp³-hybridized carbons (Fsp3) is 0.200. The summed E-state index contributed by atoms with van der Waals surface area (Å²) in [6, 6.07) is 16.4. The molecule has 2 aromatic carbocycles. The molecule has 0 atom stereocenters. The molecule has 2 heteroatoms. The Labute approximate surface area is 102 Å². The van der Waals surface area contributed by atoms with E-state index < -0.39 is 0 Å². The first-order valence-electron chi connectivity index (χ1n) is 5.76. The number of benzene rings is 2. The van der Waals surface area contributed by atoms with Crippen molar-refractivity contribution in [2.45, 2.75) is 12.8 Å². The van der Waals surface area contributed by atoms with Crippen molar-refractivity contribution >= 4 is 5.69 Å². The fourth-order valence-electron chi connectivity index (χ4n) is 1.87. The summed E-state index contributed by atoms with van der Waals surface area (Å²) in [7, 11) is 1.63. The standard InChI is InChI=1S/C15H17NO/c1-17-15-10-9-13(11-14(15)16)8-7-12-5-3-2-4-6-12/h2-6,9-11H,7-8,16H2,1H3. The molecule has 0 saturated carbocycles. The van der Waals surface area contributed by atoms with Gasteiger partial charge in [0.2, 0.25) is 0 Å². The van der Waals surface area contributed by atoms with Gasteiger partial charge in [-0.3, -0.25) is 0 Å². The number of aryl methyl sites for hydroxylation is 2. The number of nitrogen functional groups attached to an aromatic ring is 1. The molecule has 0 unspecified atom stereocenters. The molecule has 2 nitrogen and oxygen atoms in total. The van der Waals surface area contributed by atoms with Crippen LogP contribution in [-0.2, 0) is 12.8 Å². The van der Waals surface area contributed by atoms with E-state index in [1.54, 1.807) is 7.11 Å². The molecule has 0 aromatic heterocycles. The lowest BCUT2D eigenvalue weighted by molar-refractivity contribution is 0.417. The van der Waals surface area contributed by atoms with Crippen LogP contribution in [0.25, 0.3) is 0 Å². The average Bonchev–Trinajstić information content (AvgIpc) is 2.38. The van der Waals surface area contributed by atoms with E-state index in [1.165, 1.54) is 11.1 Å². The quantitative estimate of drug-likeness (QED) is 0.815. The molecule has 17 heavy (non-hydrogen) atoms. The SMILES string of the molecule is COc1ccc(CCc2ccccc2)cc1N. The minimum atomic E-state index is 0.707. The van der Waals surface area contributed by atoms with Gasteiger partial charge in [-0.05, 0) is 36.1 Å². The summed E-state index contributed by atoms with van der Waals surface area (Å²) in [5.74, 6) is 0.744. The zero-order valence-corrected chi connectivity index (χ0v) is 10.0. The Hall–Kier alpha value is -1.96. The van der Waals surface area contributed by atoms with Crippen LogP contribution in [0, 0.1) is 0 Å². The highest BCUT2D eigenvalue weighted by Crippen LogP contribution is 2.22. The van der Waals surface area contributed by atoms with E-state index in [4.69, 9.17) is 10.5 Å². The molecular weight excluding hydrogens is 210 g/mol. The smallest absolute Gasteiger partial charge is 0.141 e. The normalized spacial score (nSPS) is 10.2. The predicted molar refractivity (Wildman–Crippen MR) is 71.3 cm³/mol. The lowest BCUT2D eigenvalue weighted by Crippen LogP contribution is -1.96. The minimum Gasteiger partial charge on any atom is -0.495 e. The van der Waals surface area contributed by atoms with Gasteiger partial charge in [-0.25, -0.2) is 0 Å². The van der Waals surface area contributed by atoms with Gasteiger partial charge in [0.1, 0.15) is 5.75 Å². The Morgan fingerprint density at radius 1 is 0.941 bits per heavy atom. The van der Waals surface area contributed by atoms with Gasteiger partial charge >= 0.3 is 0 Å². The molecule has 88 valence electrons. The first-order valence-corrected chi connectivity index (χ1v) is 5.76. The Morgan fingerprint density at radius 3 is 2.29 bits per heavy atom. The van der Waals surface area contributed by atoms with E-state index in [0.717, 1.165) is 18.6 Å². The van der Waals surface area contributed by atoms with Crippen LogP contribution in [0.15, 0.2) is 48.5 Å². The number of anilines is 1. The minimum absolute atomic E-state index is 0.707. The zero-order chi connectivity index (χ0) is 12.1. The third-order valence-corrected chi connectivity index (χ3v) is 2.84. The number of hydrogen-bond acceptors (Lipinski definition) is 2. The van der Waals surface area contributed by atoms with Crippen molar-refractivity contribution in [3.63, 3.8) is 0 Å². The molecule has 0 spiro atoms. The Morgan fingerprint density at radius 2 is 1.65 bits per heavy atom. The summed E-state index contributed by atoms with van der Waals surface area (Å²) in [4.78, 5) is 0. The van der Waals surface area contributed by atoms with E-state index in [-0.39, 0.29) is 0 Å². The maximum atomic E-state index is 5.88. The van der Waals surface area contributed by atoms with Gasteiger partial charge in [0.05, 0.1) is 12.8 Å². The molecule has 2 aromatic rings. The maximum absolute atomic E-state index is 5.88. The lowest BCUT2D eigenvalue weighted by atomic mass is 10.0. The van der Waals surface area contributed by atoms with Crippen molar-refractivity contribution in [2.75, 3.05) is 12.8 Å². The van der Waals surface area contributed by atoms with E-state index >= 15 is 0 Å². The molecule has 0 heterocycles. The number of methoxy groups -OCH3 is 1. The molecule has 2 rings (SSSR count). The van der Waals surface area contributed by atoms with Crippen LogP contribution in [0.1, 0.15) is 11.1 Å². The Balaban J connectivity index is 2.02. The molecular formula is C15H17NO. The second-order valence-corrected chi connectivity index (χ2v) is 4.06. The molecule has 2 N–H and O–H groups in total. The third-order valence-electron chi connectivity index (χ3n) is 2.84. The van der Waals surface area contributed by atoms with Crippen LogP contribution in [0.5, 0.6) is 5.75 Å². The highest BCUT2D eigenvalue weighted by Gasteiger charge is 2.01. The van der Waals surface area contributed by atoms with Gasteiger partial charge in [-0.2, -0.15) is 0 Å². The summed E-state index contributed by atoms with van der Waals surface area (Å²) in [5.41, 5.74) is 9.17. The summed E-state index contributed by atoms with van der Waals surface area (Å²) < 4.78 is 5.14. The summed E-state index contributed by atoms with van der Waals surface area (Å²) >= 11 is 0. The van der Waals surface area contributed by atoms with Crippen molar-refractivity contribution < 1.29 is 4.74 Å². The highest BCUT2D eigenvalue weighted by molar-refractivity contribution is 5.54. The summed E-state index contributed by atoms with van der Waals surface area (Å²) in [6.45, 7) is 0. The molecule has 0 radical (unpaired) electrons. The van der Waals surface area contributed by atoms with Crippen molar-refractivity contribution in [2.24, 2.45) is 0 Å². The van der Waals surface area contributed by atoms with Gasteiger partial charge in [0.25, 0.3) is 0 Å². The molecule has 0 aliphatic heterocycles. The van der Waals surface area contributed by atoms with Crippen LogP contribution in [0.2, 0.25) is 0 Å². The Kier molecular flexibility index (Phi) is 3.66. The molecule has 0 amide bonds. The number of nitrogens with two attached hydrogens (primary N) is 1.